The van der Waals surface area contributed by atoms with Gasteiger partial charge < -0.3 is 5.32 Å². The van der Waals surface area contributed by atoms with Gasteiger partial charge in [-0.2, -0.15) is 0 Å². The molecule has 0 radical (unpaired) electrons. The Morgan fingerprint density at radius 1 is 1.14 bits per heavy atom. The average Bonchev–Trinajstić information content (AvgIpc) is 2.46. The van der Waals surface area contributed by atoms with Crippen molar-refractivity contribution in [2.24, 2.45) is 0 Å². The molecule has 0 aliphatic heterocycles. The van der Waals surface area contributed by atoms with E-state index in [0.29, 0.717) is 11.1 Å². The molecular formula is C18H21ClFN. The fourth-order valence-corrected chi connectivity index (χ4v) is 2.64. The SMILES string of the molecule is CCCNC(C)Cc1ccc(-c2ccc(F)cc2Cl)cc1. The molecule has 0 saturated heterocycles. The Balaban J connectivity index is 2.08. The summed E-state index contributed by atoms with van der Waals surface area (Å²) in [4.78, 5) is 0. The summed E-state index contributed by atoms with van der Waals surface area (Å²) in [5.41, 5.74) is 3.16. The molecule has 112 valence electrons. The molecule has 0 aromatic heterocycles. The van der Waals surface area contributed by atoms with Crippen LogP contribution in [0.5, 0.6) is 0 Å². The lowest BCUT2D eigenvalue weighted by atomic mass is 10.0. The van der Waals surface area contributed by atoms with Crippen LogP contribution in [0.3, 0.4) is 0 Å². The normalized spacial score (nSPS) is 12.4. The van der Waals surface area contributed by atoms with Crippen LogP contribution in [0.15, 0.2) is 42.5 Å². The topological polar surface area (TPSA) is 12.0 Å². The number of halogens is 2. The third kappa shape index (κ3) is 4.55. The van der Waals surface area contributed by atoms with Crippen LogP contribution in [0.2, 0.25) is 5.02 Å². The predicted octanol–water partition coefficient (Wildman–Crippen LogP) is 5.08. The van der Waals surface area contributed by atoms with E-state index in [0.717, 1.165) is 30.5 Å². The minimum Gasteiger partial charge on any atom is -0.314 e. The standard InChI is InChI=1S/C18H21ClFN/c1-3-10-21-13(2)11-14-4-6-15(7-5-14)17-9-8-16(20)12-18(17)19/h4-9,12-13,21H,3,10-11H2,1-2H3. The van der Waals surface area contributed by atoms with Crippen molar-refractivity contribution in [3.8, 4) is 11.1 Å². The Hall–Kier alpha value is -1.38. The van der Waals surface area contributed by atoms with Crippen molar-refractivity contribution in [2.45, 2.75) is 32.7 Å². The van der Waals surface area contributed by atoms with Crippen molar-refractivity contribution in [1.29, 1.82) is 0 Å². The summed E-state index contributed by atoms with van der Waals surface area (Å²) in [6.07, 6.45) is 2.14. The van der Waals surface area contributed by atoms with Gasteiger partial charge in [-0.25, -0.2) is 4.39 Å². The molecule has 0 aliphatic rings. The van der Waals surface area contributed by atoms with Gasteiger partial charge in [0.05, 0.1) is 5.02 Å². The lowest BCUT2D eigenvalue weighted by Crippen LogP contribution is -2.28. The third-order valence-corrected chi connectivity index (χ3v) is 3.79. The van der Waals surface area contributed by atoms with Crippen molar-refractivity contribution >= 4 is 11.6 Å². The van der Waals surface area contributed by atoms with Gasteiger partial charge in [-0.15, -0.1) is 0 Å². The highest BCUT2D eigenvalue weighted by atomic mass is 35.5. The molecule has 0 spiro atoms. The van der Waals surface area contributed by atoms with Crippen molar-refractivity contribution in [2.75, 3.05) is 6.54 Å². The van der Waals surface area contributed by atoms with Crippen molar-refractivity contribution in [3.05, 3.63) is 58.9 Å². The van der Waals surface area contributed by atoms with Crippen LogP contribution in [0.25, 0.3) is 11.1 Å². The molecule has 0 heterocycles. The summed E-state index contributed by atoms with van der Waals surface area (Å²) in [6.45, 7) is 5.41. The smallest absolute Gasteiger partial charge is 0.124 e. The second kappa shape index (κ2) is 7.58. The Bertz CT molecular complexity index is 580. The maximum absolute atomic E-state index is 13.1. The Morgan fingerprint density at radius 3 is 2.48 bits per heavy atom. The van der Waals surface area contributed by atoms with Gasteiger partial charge in [-0.1, -0.05) is 42.8 Å². The first kappa shape index (κ1) is 16.0. The van der Waals surface area contributed by atoms with E-state index in [2.05, 4.69) is 31.3 Å². The van der Waals surface area contributed by atoms with Crippen molar-refractivity contribution in [1.82, 2.24) is 5.32 Å². The maximum Gasteiger partial charge on any atom is 0.124 e. The van der Waals surface area contributed by atoms with Crippen LogP contribution in [-0.2, 0) is 6.42 Å². The van der Waals surface area contributed by atoms with E-state index >= 15 is 0 Å². The van der Waals surface area contributed by atoms with Crippen molar-refractivity contribution in [3.63, 3.8) is 0 Å². The number of hydrogen-bond donors (Lipinski definition) is 1. The number of benzene rings is 2. The van der Waals surface area contributed by atoms with E-state index in [-0.39, 0.29) is 5.82 Å². The molecule has 3 heteroatoms. The fourth-order valence-electron chi connectivity index (χ4n) is 2.36. The molecule has 2 aromatic rings. The van der Waals surface area contributed by atoms with Crippen LogP contribution < -0.4 is 5.32 Å². The van der Waals surface area contributed by atoms with E-state index in [9.17, 15) is 4.39 Å². The van der Waals surface area contributed by atoms with E-state index in [1.54, 1.807) is 6.07 Å². The zero-order chi connectivity index (χ0) is 15.2. The molecule has 2 rings (SSSR count). The summed E-state index contributed by atoms with van der Waals surface area (Å²) in [5.74, 6) is -0.309. The second-order valence-corrected chi connectivity index (χ2v) is 5.79. The summed E-state index contributed by atoms with van der Waals surface area (Å²) < 4.78 is 13.1. The molecule has 0 bridgehead atoms. The van der Waals surface area contributed by atoms with Crippen LogP contribution in [0, 0.1) is 5.82 Å². The van der Waals surface area contributed by atoms with Crippen molar-refractivity contribution < 1.29 is 4.39 Å². The molecule has 0 aliphatic carbocycles. The van der Waals surface area contributed by atoms with Gasteiger partial charge in [0.2, 0.25) is 0 Å². The molecule has 2 aromatic carbocycles. The van der Waals surface area contributed by atoms with E-state index < -0.39 is 0 Å². The molecule has 0 amide bonds. The van der Waals surface area contributed by atoms with Crippen LogP contribution in [0.4, 0.5) is 4.39 Å². The van der Waals surface area contributed by atoms with Gasteiger partial charge in [-0.05, 0) is 55.6 Å². The molecule has 1 atom stereocenters. The number of rotatable bonds is 6. The van der Waals surface area contributed by atoms with Gasteiger partial charge >= 0.3 is 0 Å². The molecule has 1 nitrogen and oxygen atoms in total. The quantitative estimate of drug-likeness (QED) is 0.785. The molecular weight excluding hydrogens is 285 g/mol. The molecule has 0 fully saturated rings. The number of hydrogen-bond acceptors (Lipinski definition) is 1. The van der Waals surface area contributed by atoms with Gasteiger partial charge in [0, 0.05) is 11.6 Å². The highest BCUT2D eigenvalue weighted by molar-refractivity contribution is 6.33. The number of nitrogens with one attached hydrogen (secondary N) is 1. The minimum absolute atomic E-state index is 0.309. The maximum atomic E-state index is 13.1. The highest BCUT2D eigenvalue weighted by Crippen LogP contribution is 2.28. The fraction of sp³-hybridized carbons (Fsp3) is 0.333. The van der Waals surface area contributed by atoms with Crippen LogP contribution in [0.1, 0.15) is 25.8 Å². The lowest BCUT2D eigenvalue weighted by Gasteiger charge is -2.13. The first-order valence-electron chi connectivity index (χ1n) is 7.38. The Morgan fingerprint density at radius 2 is 1.86 bits per heavy atom. The predicted molar refractivity (Wildman–Crippen MR) is 88.3 cm³/mol. The first-order chi connectivity index (χ1) is 10.1. The van der Waals surface area contributed by atoms with E-state index in [1.165, 1.54) is 17.7 Å². The monoisotopic (exact) mass is 305 g/mol. The van der Waals surface area contributed by atoms with Crippen LogP contribution >= 0.6 is 11.6 Å². The van der Waals surface area contributed by atoms with E-state index in [1.807, 2.05) is 12.1 Å². The lowest BCUT2D eigenvalue weighted by molar-refractivity contribution is 0.543. The zero-order valence-corrected chi connectivity index (χ0v) is 13.3. The summed E-state index contributed by atoms with van der Waals surface area (Å²) in [7, 11) is 0. The van der Waals surface area contributed by atoms with Gasteiger partial charge in [0.25, 0.3) is 0 Å². The first-order valence-corrected chi connectivity index (χ1v) is 7.75. The Labute approximate surface area is 131 Å². The van der Waals surface area contributed by atoms with Gasteiger partial charge in [-0.3, -0.25) is 0 Å². The second-order valence-electron chi connectivity index (χ2n) is 5.38. The summed E-state index contributed by atoms with van der Waals surface area (Å²) in [6, 6.07) is 13.3. The Kier molecular flexibility index (Phi) is 5.77. The molecule has 1 N–H and O–H groups in total. The molecule has 0 saturated carbocycles. The molecule has 21 heavy (non-hydrogen) atoms. The van der Waals surface area contributed by atoms with Gasteiger partial charge in [0.1, 0.15) is 5.82 Å². The van der Waals surface area contributed by atoms with Crippen LogP contribution in [-0.4, -0.2) is 12.6 Å². The minimum atomic E-state index is -0.309. The average molecular weight is 306 g/mol. The molecule has 1 unspecified atom stereocenters. The summed E-state index contributed by atoms with van der Waals surface area (Å²) >= 11 is 6.10. The van der Waals surface area contributed by atoms with E-state index in [4.69, 9.17) is 11.6 Å². The van der Waals surface area contributed by atoms with Gasteiger partial charge in [0.15, 0.2) is 0 Å². The summed E-state index contributed by atoms with van der Waals surface area (Å²) in [5, 5.41) is 3.92. The zero-order valence-electron chi connectivity index (χ0n) is 12.5. The third-order valence-electron chi connectivity index (χ3n) is 3.48. The largest absolute Gasteiger partial charge is 0.314 e. The highest BCUT2D eigenvalue weighted by Gasteiger charge is 2.06.